The number of piperazine rings is 1. The Morgan fingerprint density at radius 3 is 2.48 bits per heavy atom. The molecule has 0 unspecified atom stereocenters. The monoisotopic (exact) mass is 312 g/mol. The summed E-state index contributed by atoms with van der Waals surface area (Å²) in [5.41, 5.74) is 1.28. The molecular weight excluding hydrogens is 292 g/mol. The van der Waals surface area contributed by atoms with Gasteiger partial charge in [-0.15, -0.1) is 0 Å². The quantitative estimate of drug-likeness (QED) is 0.794. The van der Waals surface area contributed by atoms with Crippen LogP contribution in [0, 0.1) is 0 Å². The number of benzene rings is 1. The Bertz CT molecular complexity index is 514. The molecule has 5 nitrogen and oxygen atoms in total. The highest BCUT2D eigenvalue weighted by Gasteiger charge is 2.21. The number of halogens is 1. The smallest absolute Gasteiger partial charge is 0.341 e. The molecule has 116 valence electrons. The molecule has 21 heavy (non-hydrogen) atoms. The van der Waals surface area contributed by atoms with Crippen molar-refractivity contribution < 1.29 is 14.3 Å². The minimum absolute atomic E-state index is 0.372. The normalized spacial score (nSPS) is 16.8. The fourth-order valence-corrected chi connectivity index (χ4v) is 2.76. The van der Waals surface area contributed by atoms with Crippen LogP contribution in [0.1, 0.15) is 15.9 Å². The molecule has 1 aliphatic heterocycles. The number of hydrogen-bond acceptors (Lipinski definition) is 5. The van der Waals surface area contributed by atoms with Gasteiger partial charge < -0.3 is 14.4 Å². The van der Waals surface area contributed by atoms with E-state index in [9.17, 15) is 4.79 Å². The average Bonchev–Trinajstić information content (AvgIpc) is 2.48. The van der Waals surface area contributed by atoms with Crippen molar-refractivity contribution in [2.24, 2.45) is 0 Å². The summed E-state index contributed by atoms with van der Waals surface area (Å²) in [4.78, 5) is 16.5. The Kier molecular flexibility index (Phi) is 5.45. The van der Waals surface area contributed by atoms with Crippen molar-refractivity contribution in [2.75, 3.05) is 47.4 Å². The van der Waals surface area contributed by atoms with E-state index in [2.05, 4.69) is 16.8 Å². The average molecular weight is 313 g/mol. The van der Waals surface area contributed by atoms with Gasteiger partial charge in [-0.2, -0.15) is 0 Å². The second-order valence-corrected chi connectivity index (χ2v) is 5.65. The molecule has 0 aromatic heterocycles. The van der Waals surface area contributed by atoms with E-state index in [1.807, 2.05) is 6.07 Å². The van der Waals surface area contributed by atoms with E-state index in [1.165, 1.54) is 7.11 Å². The van der Waals surface area contributed by atoms with Crippen LogP contribution in [0.5, 0.6) is 5.75 Å². The summed E-state index contributed by atoms with van der Waals surface area (Å²) >= 11 is 6.13. The van der Waals surface area contributed by atoms with Gasteiger partial charge in [-0.25, -0.2) is 4.79 Å². The Balaban J connectivity index is 2.25. The first-order valence-corrected chi connectivity index (χ1v) is 7.28. The maximum Gasteiger partial charge on any atom is 0.341 e. The van der Waals surface area contributed by atoms with Crippen molar-refractivity contribution in [3.05, 3.63) is 28.3 Å². The lowest BCUT2D eigenvalue weighted by molar-refractivity contribution is 0.0596. The van der Waals surface area contributed by atoms with Crippen LogP contribution in [0.25, 0.3) is 0 Å². The van der Waals surface area contributed by atoms with Crippen molar-refractivity contribution in [2.45, 2.75) is 6.54 Å². The Labute approximate surface area is 130 Å². The topological polar surface area (TPSA) is 42.0 Å². The summed E-state index contributed by atoms with van der Waals surface area (Å²) in [5, 5.41) is 0.514. The van der Waals surface area contributed by atoms with Crippen LogP contribution in [0.4, 0.5) is 0 Å². The molecule has 0 radical (unpaired) electrons. The van der Waals surface area contributed by atoms with Gasteiger partial charge in [0.1, 0.15) is 11.3 Å². The molecular formula is C15H21ClN2O3. The molecule has 0 atom stereocenters. The first kappa shape index (κ1) is 16.1. The third-order valence-corrected chi connectivity index (χ3v) is 3.95. The number of carbonyl (C=O) groups excluding carboxylic acids is 1. The molecule has 0 aliphatic carbocycles. The van der Waals surface area contributed by atoms with E-state index >= 15 is 0 Å². The van der Waals surface area contributed by atoms with Gasteiger partial charge in [-0.1, -0.05) is 11.6 Å². The second kappa shape index (κ2) is 7.11. The Hall–Kier alpha value is -1.30. The van der Waals surface area contributed by atoms with Gasteiger partial charge in [0.25, 0.3) is 0 Å². The number of esters is 1. The Morgan fingerprint density at radius 1 is 1.24 bits per heavy atom. The fourth-order valence-electron chi connectivity index (χ4n) is 2.52. The summed E-state index contributed by atoms with van der Waals surface area (Å²) < 4.78 is 10.2. The molecule has 0 bridgehead atoms. The number of carbonyl (C=O) groups is 1. The molecule has 0 amide bonds. The van der Waals surface area contributed by atoms with E-state index < -0.39 is 5.97 Å². The number of nitrogens with zero attached hydrogens (tertiary/aromatic N) is 2. The highest BCUT2D eigenvalue weighted by molar-refractivity contribution is 6.31. The van der Waals surface area contributed by atoms with Gasteiger partial charge >= 0.3 is 5.97 Å². The predicted molar refractivity (Wildman–Crippen MR) is 82.1 cm³/mol. The van der Waals surface area contributed by atoms with Crippen molar-refractivity contribution >= 4 is 17.6 Å². The van der Waals surface area contributed by atoms with Crippen molar-refractivity contribution in [3.63, 3.8) is 0 Å². The zero-order valence-corrected chi connectivity index (χ0v) is 13.4. The molecule has 0 N–H and O–H groups in total. The summed E-state index contributed by atoms with van der Waals surface area (Å²) in [6.07, 6.45) is 0. The molecule has 0 saturated carbocycles. The molecule has 1 saturated heterocycles. The molecule has 2 rings (SSSR count). The first-order chi connectivity index (χ1) is 10.0. The lowest BCUT2D eigenvalue weighted by atomic mass is 10.1. The molecule has 0 spiro atoms. The van der Waals surface area contributed by atoms with E-state index in [1.54, 1.807) is 13.2 Å². The number of rotatable bonds is 4. The van der Waals surface area contributed by atoms with Gasteiger partial charge in [0.15, 0.2) is 0 Å². The summed E-state index contributed by atoms with van der Waals surface area (Å²) in [6, 6.07) is 3.44. The van der Waals surface area contributed by atoms with Gasteiger partial charge in [0, 0.05) is 43.3 Å². The van der Waals surface area contributed by atoms with Crippen molar-refractivity contribution in [3.8, 4) is 5.75 Å². The minimum Gasteiger partial charge on any atom is -0.496 e. The van der Waals surface area contributed by atoms with Gasteiger partial charge in [-0.3, -0.25) is 4.90 Å². The van der Waals surface area contributed by atoms with E-state index in [0.29, 0.717) is 22.9 Å². The van der Waals surface area contributed by atoms with Gasteiger partial charge in [-0.05, 0) is 19.2 Å². The van der Waals surface area contributed by atoms with Crippen LogP contribution < -0.4 is 4.74 Å². The lowest BCUT2D eigenvalue weighted by Crippen LogP contribution is -2.43. The molecule has 1 aromatic rings. The Morgan fingerprint density at radius 2 is 1.90 bits per heavy atom. The molecule has 6 heteroatoms. The van der Waals surface area contributed by atoms with Gasteiger partial charge in [0.05, 0.1) is 14.2 Å². The standard InChI is InChI=1S/C15H21ClN2O3/c1-17-4-6-18(7-5-17)10-11-8-12(16)9-13(14(11)20-2)15(19)21-3/h8-9H,4-7,10H2,1-3H3. The van der Waals surface area contributed by atoms with Crippen molar-refractivity contribution in [1.29, 1.82) is 0 Å². The van der Waals surface area contributed by atoms with E-state index in [4.69, 9.17) is 21.1 Å². The molecule has 1 heterocycles. The van der Waals surface area contributed by atoms with Crippen LogP contribution in [-0.2, 0) is 11.3 Å². The molecule has 1 fully saturated rings. The summed E-state index contributed by atoms with van der Waals surface area (Å²) in [5.74, 6) is 0.110. The van der Waals surface area contributed by atoms with Gasteiger partial charge in [0.2, 0.25) is 0 Å². The third-order valence-electron chi connectivity index (χ3n) is 3.73. The van der Waals surface area contributed by atoms with Crippen molar-refractivity contribution in [1.82, 2.24) is 9.80 Å². The third kappa shape index (κ3) is 3.87. The lowest BCUT2D eigenvalue weighted by Gasteiger charge is -2.32. The fraction of sp³-hybridized carbons (Fsp3) is 0.533. The second-order valence-electron chi connectivity index (χ2n) is 5.22. The zero-order valence-electron chi connectivity index (χ0n) is 12.7. The number of ether oxygens (including phenoxy) is 2. The molecule has 1 aromatic carbocycles. The number of methoxy groups -OCH3 is 2. The van der Waals surface area contributed by atoms with Crippen LogP contribution in [0.3, 0.4) is 0 Å². The minimum atomic E-state index is -0.436. The SMILES string of the molecule is COC(=O)c1cc(Cl)cc(CN2CCN(C)CC2)c1OC. The van der Waals surface area contributed by atoms with Crippen LogP contribution in [0.2, 0.25) is 5.02 Å². The predicted octanol–water partition coefficient (Wildman–Crippen LogP) is 1.88. The number of hydrogen-bond donors (Lipinski definition) is 0. The maximum absolute atomic E-state index is 11.9. The zero-order chi connectivity index (χ0) is 15.4. The van der Waals surface area contributed by atoms with E-state index in [-0.39, 0.29) is 0 Å². The maximum atomic E-state index is 11.9. The highest BCUT2D eigenvalue weighted by Crippen LogP contribution is 2.30. The van der Waals surface area contributed by atoms with E-state index in [0.717, 1.165) is 31.7 Å². The van der Waals surface area contributed by atoms with Crippen LogP contribution in [0.15, 0.2) is 12.1 Å². The largest absolute Gasteiger partial charge is 0.496 e. The first-order valence-electron chi connectivity index (χ1n) is 6.90. The summed E-state index contributed by atoms with van der Waals surface area (Å²) in [7, 11) is 5.03. The van der Waals surface area contributed by atoms with Crippen LogP contribution in [-0.4, -0.2) is 63.2 Å². The molecule has 1 aliphatic rings. The summed E-state index contributed by atoms with van der Waals surface area (Å²) in [6.45, 7) is 4.75. The number of likely N-dealkylation sites (N-methyl/N-ethyl adjacent to an activating group) is 1. The highest BCUT2D eigenvalue weighted by atomic mass is 35.5. The van der Waals surface area contributed by atoms with Crippen LogP contribution >= 0.6 is 11.6 Å².